The van der Waals surface area contributed by atoms with Crippen molar-refractivity contribution in [3.05, 3.63) is 29.8 Å². The van der Waals surface area contributed by atoms with Crippen molar-refractivity contribution < 1.29 is 38.5 Å². The number of amides is 4. The Morgan fingerprint density at radius 1 is 0.951 bits per heavy atom. The average Bonchev–Trinajstić information content (AvgIpc) is 2.84. The molecule has 4 amide bonds. The van der Waals surface area contributed by atoms with Crippen LogP contribution in [-0.4, -0.2) is 78.0 Å². The lowest BCUT2D eigenvalue weighted by Crippen LogP contribution is -2.44. The van der Waals surface area contributed by atoms with Gasteiger partial charge in [0.25, 0.3) is 0 Å². The number of aliphatic hydroxyl groups is 1. The van der Waals surface area contributed by atoms with Gasteiger partial charge in [0.2, 0.25) is 11.9 Å². The lowest BCUT2D eigenvalue weighted by molar-refractivity contribution is -0.124. The van der Waals surface area contributed by atoms with Crippen molar-refractivity contribution in [1.29, 1.82) is 0 Å². The van der Waals surface area contributed by atoms with Gasteiger partial charge in [-0.1, -0.05) is 19.1 Å². The average molecular weight is 580 g/mol. The van der Waals surface area contributed by atoms with Crippen molar-refractivity contribution in [2.75, 3.05) is 26.7 Å². The molecule has 4 N–H and O–H groups in total. The summed E-state index contributed by atoms with van der Waals surface area (Å²) < 4.78 is 15.7. The molecule has 0 fully saturated rings. The molecule has 0 heterocycles. The number of nitrogens with one attached hydrogen (secondary N) is 3. The highest BCUT2D eigenvalue weighted by Crippen LogP contribution is 2.13. The van der Waals surface area contributed by atoms with Crippen LogP contribution in [0.3, 0.4) is 0 Å². The first kappa shape index (κ1) is 35.2. The van der Waals surface area contributed by atoms with Crippen molar-refractivity contribution in [2.24, 2.45) is 10.9 Å². The van der Waals surface area contributed by atoms with Gasteiger partial charge in [0, 0.05) is 32.6 Å². The SMILES string of the molecule is C[C@@H](CCCN/C(=N/C(=O)OC(C)(C)C)NC(=O)OC(C)(C)C)C(=O)NCCN(C)C(=O)Oc1ccc(CO)cc1. The second-order valence-corrected chi connectivity index (χ2v) is 11.4. The predicted octanol–water partition coefficient (Wildman–Crippen LogP) is 3.55. The fraction of sp³-hybridized carbons (Fsp3) is 0.607. The van der Waals surface area contributed by atoms with Crippen molar-refractivity contribution in [3.63, 3.8) is 0 Å². The van der Waals surface area contributed by atoms with Crippen LogP contribution in [-0.2, 0) is 20.9 Å². The van der Waals surface area contributed by atoms with E-state index in [1.807, 2.05) is 0 Å². The molecule has 0 spiro atoms. The zero-order chi connectivity index (χ0) is 31.2. The summed E-state index contributed by atoms with van der Waals surface area (Å²) in [7, 11) is 1.56. The highest BCUT2D eigenvalue weighted by Gasteiger charge is 2.21. The number of hydrogen-bond donors (Lipinski definition) is 4. The third-order valence-corrected chi connectivity index (χ3v) is 5.14. The number of alkyl carbamates (subject to hydrolysis) is 1. The number of aliphatic hydroxyl groups excluding tert-OH is 1. The third kappa shape index (κ3) is 16.1. The van der Waals surface area contributed by atoms with Gasteiger partial charge in [0.1, 0.15) is 17.0 Å². The lowest BCUT2D eigenvalue weighted by Gasteiger charge is -2.21. The molecule has 0 unspecified atom stereocenters. The van der Waals surface area contributed by atoms with E-state index < -0.39 is 29.5 Å². The molecule has 0 saturated heterocycles. The molecule has 0 aliphatic heterocycles. The first-order valence-corrected chi connectivity index (χ1v) is 13.4. The summed E-state index contributed by atoms with van der Waals surface area (Å²) in [4.78, 5) is 54.2. The number of aliphatic imine (C=N–C) groups is 1. The van der Waals surface area contributed by atoms with E-state index in [1.165, 1.54) is 4.90 Å². The molecule has 1 rings (SSSR count). The molecule has 0 radical (unpaired) electrons. The summed E-state index contributed by atoms with van der Waals surface area (Å²) in [5, 5.41) is 17.2. The van der Waals surface area contributed by atoms with Crippen LogP contribution in [0.1, 0.15) is 66.9 Å². The number of guanidine groups is 1. The molecule has 1 aromatic rings. The van der Waals surface area contributed by atoms with Crippen LogP contribution >= 0.6 is 0 Å². The van der Waals surface area contributed by atoms with Crippen LogP contribution < -0.4 is 20.7 Å². The number of ether oxygens (including phenoxy) is 3. The molecule has 41 heavy (non-hydrogen) atoms. The van der Waals surface area contributed by atoms with E-state index in [1.54, 1.807) is 79.8 Å². The smallest absolute Gasteiger partial charge is 0.437 e. The van der Waals surface area contributed by atoms with Gasteiger partial charge in [-0.15, -0.1) is 4.99 Å². The van der Waals surface area contributed by atoms with Crippen molar-refractivity contribution in [3.8, 4) is 5.75 Å². The maximum absolute atomic E-state index is 12.5. The van der Waals surface area contributed by atoms with Gasteiger partial charge in [-0.25, -0.2) is 14.4 Å². The fourth-order valence-corrected chi connectivity index (χ4v) is 3.09. The lowest BCUT2D eigenvalue weighted by atomic mass is 10.0. The molecule has 0 bridgehead atoms. The number of carbonyl (C=O) groups is 4. The summed E-state index contributed by atoms with van der Waals surface area (Å²) in [6, 6.07) is 6.50. The molecule has 0 aliphatic rings. The quantitative estimate of drug-likeness (QED) is 0.184. The van der Waals surface area contributed by atoms with Crippen LogP contribution in [0.5, 0.6) is 5.75 Å². The first-order valence-electron chi connectivity index (χ1n) is 13.4. The van der Waals surface area contributed by atoms with E-state index in [2.05, 4.69) is 20.9 Å². The second-order valence-electron chi connectivity index (χ2n) is 11.4. The highest BCUT2D eigenvalue weighted by molar-refractivity contribution is 5.98. The normalized spacial score (nSPS) is 12.6. The van der Waals surface area contributed by atoms with Gasteiger partial charge in [-0.2, -0.15) is 0 Å². The minimum atomic E-state index is -0.878. The van der Waals surface area contributed by atoms with Crippen molar-refractivity contribution >= 4 is 30.1 Å². The minimum Gasteiger partial charge on any atom is -0.444 e. The Balaban J connectivity index is 2.48. The standard InChI is InChI=1S/C28H45N5O8/c1-19(22(35)29-16-17-33(8)26(38)39-21-13-11-20(18-34)12-14-21)10-9-15-30-23(31-24(36)40-27(2,3)4)32-25(37)41-28(5,6)7/h11-14,19,34H,9-10,15-18H2,1-8H3,(H,29,35)(H2,30,31,32,36,37)/t19-/m0/s1. The Labute approximate surface area is 242 Å². The Morgan fingerprint density at radius 2 is 1.56 bits per heavy atom. The van der Waals surface area contributed by atoms with Gasteiger partial charge >= 0.3 is 18.3 Å². The minimum absolute atomic E-state index is 0.0997. The molecule has 13 nitrogen and oxygen atoms in total. The van der Waals surface area contributed by atoms with Crippen molar-refractivity contribution in [2.45, 2.75) is 79.1 Å². The molecule has 1 aromatic carbocycles. The molecule has 13 heteroatoms. The summed E-state index contributed by atoms with van der Waals surface area (Å²) in [6.45, 7) is 12.7. The van der Waals surface area contributed by atoms with E-state index in [0.717, 1.165) is 0 Å². The van der Waals surface area contributed by atoms with Gasteiger partial charge in [0.05, 0.1) is 6.61 Å². The first-order chi connectivity index (χ1) is 19.0. The summed E-state index contributed by atoms with van der Waals surface area (Å²) >= 11 is 0. The summed E-state index contributed by atoms with van der Waals surface area (Å²) in [5.74, 6) is -0.277. The number of carbonyl (C=O) groups excluding carboxylic acids is 4. The van der Waals surface area contributed by atoms with Crippen LogP contribution in [0.25, 0.3) is 0 Å². The molecule has 0 aliphatic carbocycles. The van der Waals surface area contributed by atoms with E-state index in [0.29, 0.717) is 30.7 Å². The third-order valence-electron chi connectivity index (χ3n) is 5.14. The van der Waals surface area contributed by atoms with Gasteiger partial charge in [0.15, 0.2) is 0 Å². The molecule has 0 saturated carbocycles. The number of hydrogen-bond acceptors (Lipinski definition) is 8. The Hall–Kier alpha value is -3.87. The van der Waals surface area contributed by atoms with Crippen molar-refractivity contribution in [1.82, 2.24) is 20.9 Å². The number of benzene rings is 1. The zero-order valence-corrected chi connectivity index (χ0v) is 25.3. The van der Waals surface area contributed by atoms with Gasteiger partial charge < -0.3 is 34.9 Å². The molecule has 0 aromatic heterocycles. The van der Waals surface area contributed by atoms with E-state index >= 15 is 0 Å². The maximum atomic E-state index is 12.5. The van der Waals surface area contributed by atoms with Crippen LogP contribution in [0.2, 0.25) is 0 Å². The Morgan fingerprint density at radius 3 is 2.12 bits per heavy atom. The zero-order valence-electron chi connectivity index (χ0n) is 25.3. The van der Waals surface area contributed by atoms with Gasteiger partial charge in [-0.05, 0) is 72.1 Å². The highest BCUT2D eigenvalue weighted by atomic mass is 16.6. The maximum Gasteiger partial charge on any atom is 0.437 e. The van der Waals surface area contributed by atoms with Crippen LogP contribution in [0, 0.1) is 5.92 Å². The number of likely N-dealkylation sites (N-methyl/N-ethyl adjacent to an activating group) is 1. The largest absolute Gasteiger partial charge is 0.444 e. The second kappa shape index (κ2) is 16.4. The Bertz CT molecular complexity index is 1050. The topological polar surface area (TPSA) is 168 Å². The fourth-order valence-electron chi connectivity index (χ4n) is 3.09. The van der Waals surface area contributed by atoms with Crippen LogP contribution in [0.4, 0.5) is 14.4 Å². The summed E-state index contributed by atoms with van der Waals surface area (Å²) in [6.07, 6.45) is -1.20. The molecular weight excluding hydrogens is 534 g/mol. The molecular formula is C28H45N5O8. The Kier molecular flexibility index (Phi) is 14.1. The van der Waals surface area contributed by atoms with E-state index in [-0.39, 0.29) is 37.5 Å². The molecule has 1 atom stereocenters. The summed E-state index contributed by atoms with van der Waals surface area (Å²) in [5.41, 5.74) is -0.799. The number of nitrogens with zero attached hydrogens (tertiary/aromatic N) is 2. The van der Waals surface area contributed by atoms with Gasteiger partial charge in [-0.3, -0.25) is 10.1 Å². The monoisotopic (exact) mass is 579 g/mol. The van der Waals surface area contributed by atoms with E-state index in [9.17, 15) is 19.2 Å². The van der Waals surface area contributed by atoms with E-state index in [4.69, 9.17) is 19.3 Å². The number of rotatable bonds is 10. The van der Waals surface area contributed by atoms with Crippen LogP contribution in [0.15, 0.2) is 29.3 Å². The predicted molar refractivity (Wildman–Crippen MR) is 153 cm³/mol. The molecule has 230 valence electrons.